The van der Waals surface area contributed by atoms with Gasteiger partial charge in [-0.3, -0.25) is 0 Å². The fourth-order valence-electron chi connectivity index (χ4n) is 2.63. The average Bonchev–Trinajstić information content (AvgIpc) is 2.61. The summed E-state index contributed by atoms with van der Waals surface area (Å²) in [6.07, 6.45) is 21.9. The first-order valence-corrected chi connectivity index (χ1v) is 9.99. The van der Waals surface area contributed by atoms with Crippen LogP contribution in [0.1, 0.15) is 110 Å². The minimum atomic E-state index is 0. The number of hydrogen-bond acceptors (Lipinski definition) is 0. The Morgan fingerprint density at radius 1 is 0.577 bits per heavy atom. The zero-order valence-corrected chi connectivity index (χ0v) is 24.4. The molecule has 0 rings (SSSR count). The van der Waals surface area contributed by atoms with E-state index in [9.17, 15) is 0 Å². The van der Waals surface area contributed by atoms with Crippen LogP contribution in [0.4, 0.5) is 0 Å². The summed E-state index contributed by atoms with van der Waals surface area (Å²) in [6.45, 7) is 17.3. The topological polar surface area (TPSA) is 0 Å². The van der Waals surface area contributed by atoms with E-state index in [-0.39, 0.29) is 50.7 Å². The van der Waals surface area contributed by atoms with Crippen molar-refractivity contribution in [2.24, 2.45) is 0 Å². The summed E-state index contributed by atoms with van der Waals surface area (Å²) < 4.78 is 0. The molecule has 0 aliphatic heterocycles. The van der Waals surface area contributed by atoms with Crippen molar-refractivity contribution in [1.82, 2.24) is 0 Å². The number of rotatable bonds is 10. The number of hydrogen-bond donors (Lipinski definition) is 0. The first-order valence-electron chi connectivity index (χ1n) is 9.99. The molecule has 0 heterocycles. The summed E-state index contributed by atoms with van der Waals surface area (Å²) in [5, 5.41) is 0. The van der Waals surface area contributed by atoms with Gasteiger partial charge in [-0.1, -0.05) is 64.5 Å². The van der Waals surface area contributed by atoms with E-state index in [1.54, 1.807) is 0 Å². The fourth-order valence-corrected chi connectivity index (χ4v) is 2.63. The van der Waals surface area contributed by atoms with E-state index in [0.29, 0.717) is 0 Å². The van der Waals surface area contributed by atoms with Gasteiger partial charge in [-0.25, -0.2) is 0 Å². The quantitative estimate of drug-likeness (QED) is 0.142. The van der Waals surface area contributed by atoms with Crippen molar-refractivity contribution in [3.63, 3.8) is 0 Å². The SMILES string of the molecule is CC[C+]=C(CC)C(=[C-]CC)CC.CC[C+]=C(CC)C(=[C-]CC)CC.[HH].[HH].[Sn].[Sn]. The van der Waals surface area contributed by atoms with E-state index in [4.69, 9.17) is 0 Å². The van der Waals surface area contributed by atoms with Crippen molar-refractivity contribution in [1.29, 1.82) is 0 Å². The van der Waals surface area contributed by atoms with Crippen LogP contribution in [0.15, 0.2) is 22.3 Å². The van der Waals surface area contributed by atoms with E-state index < -0.39 is 0 Å². The van der Waals surface area contributed by atoms with Crippen LogP contribution in [0.2, 0.25) is 0 Å². The Labute approximate surface area is 203 Å². The molecule has 0 unspecified atom stereocenters. The molecule has 0 saturated heterocycles. The minimum absolute atomic E-state index is 0. The van der Waals surface area contributed by atoms with Crippen LogP contribution in [0.3, 0.4) is 0 Å². The van der Waals surface area contributed by atoms with Crippen LogP contribution >= 0.6 is 0 Å². The Morgan fingerprint density at radius 3 is 1.04 bits per heavy atom. The summed E-state index contributed by atoms with van der Waals surface area (Å²) in [5.41, 5.74) is 5.45. The molecule has 0 N–H and O–H groups in total. The molecule has 0 spiro atoms. The van der Waals surface area contributed by atoms with Gasteiger partial charge in [-0.05, 0) is 39.8 Å². The monoisotopic (exact) mass is 572 g/mol. The van der Waals surface area contributed by atoms with Crippen LogP contribution < -0.4 is 0 Å². The van der Waals surface area contributed by atoms with Crippen molar-refractivity contribution in [3.8, 4) is 0 Å². The second-order valence-electron chi connectivity index (χ2n) is 5.45. The maximum Gasteiger partial charge on any atom is 0.0649 e. The molecule has 0 aliphatic carbocycles. The van der Waals surface area contributed by atoms with E-state index in [1.165, 1.54) is 22.3 Å². The zero-order chi connectivity index (χ0) is 18.8. The predicted molar refractivity (Wildman–Crippen MR) is 125 cm³/mol. The molecule has 0 aromatic rings. The Hall–Kier alpha value is 0.377. The maximum absolute atomic E-state index is 3.39. The van der Waals surface area contributed by atoms with Gasteiger partial charge in [0.05, 0.1) is 12.8 Å². The van der Waals surface area contributed by atoms with Crippen molar-refractivity contribution in [2.45, 2.75) is 107 Å². The summed E-state index contributed by atoms with van der Waals surface area (Å²) >= 11 is 0. The standard InChI is InChI=1S/2C12H20.2Sn.2H2/c2*1-5-9-11(7-3)12(8-4)10-6-2;;;;/h2*5-8H2,1-4H3;;;2*1H. The second-order valence-corrected chi connectivity index (χ2v) is 5.45. The van der Waals surface area contributed by atoms with Gasteiger partial charge in [0, 0.05) is 74.7 Å². The molecule has 0 nitrogen and oxygen atoms in total. The Kier molecular flexibility index (Phi) is 33.1. The summed E-state index contributed by atoms with van der Waals surface area (Å²) in [7, 11) is 0. The molecule has 2 heteroatoms. The third-order valence-corrected chi connectivity index (χ3v) is 3.70. The molecule has 0 aromatic carbocycles. The maximum atomic E-state index is 3.39. The smallest absolute Gasteiger partial charge is 0.0649 e. The van der Waals surface area contributed by atoms with Gasteiger partial charge in [0.1, 0.15) is 0 Å². The molecular weight excluding hydrogens is 526 g/mol. The van der Waals surface area contributed by atoms with Gasteiger partial charge in [-0.2, -0.15) is 12.2 Å². The molecule has 0 bridgehead atoms. The van der Waals surface area contributed by atoms with Gasteiger partial charge < -0.3 is 0 Å². The molecule has 0 amide bonds. The molecule has 0 fully saturated rings. The summed E-state index contributed by atoms with van der Waals surface area (Å²) in [4.78, 5) is 0. The largest absolute Gasteiger partial charge is 0.166 e. The third-order valence-electron chi connectivity index (χ3n) is 3.70. The first kappa shape index (κ1) is 33.9. The third kappa shape index (κ3) is 16.5. The molecule has 8 radical (unpaired) electrons. The van der Waals surface area contributed by atoms with Crippen LogP contribution in [-0.2, 0) is 0 Å². The molecule has 0 aromatic heterocycles. The van der Waals surface area contributed by atoms with E-state index in [2.05, 4.69) is 79.7 Å². The van der Waals surface area contributed by atoms with Crippen molar-refractivity contribution >= 4 is 47.8 Å². The first-order chi connectivity index (χ1) is 11.6. The van der Waals surface area contributed by atoms with Crippen LogP contribution in [0.25, 0.3) is 0 Å². The Bertz CT molecular complexity index is 342. The molecule has 0 aliphatic rings. The molecule has 26 heavy (non-hydrogen) atoms. The Morgan fingerprint density at radius 2 is 0.885 bits per heavy atom. The van der Waals surface area contributed by atoms with Gasteiger partial charge in [0.2, 0.25) is 0 Å². The predicted octanol–water partition coefficient (Wildman–Crippen LogP) is 7.90. The molecule has 0 atom stereocenters. The van der Waals surface area contributed by atoms with Gasteiger partial charge >= 0.3 is 0 Å². The summed E-state index contributed by atoms with van der Waals surface area (Å²) in [5.74, 6) is 0. The van der Waals surface area contributed by atoms with Crippen LogP contribution in [0.5, 0.6) is 0 Å². The fraction of sp³-hybridized carbons (Fsp3) is 0.667. The van der Waals surface area contributed by atoms with Crippen molar-refractivity contribution in [2.75, 3.05) is 0 Å². The van der Waals surface area contributed by atoms with E-state index in [0.717, 1.165) is 51.4 Å². The average molecular weight is 570 g/mol. The molecule has 148 valence electrons. The van der Waals surface area contributed by atoms with E-state index >= 15 is 0 Å². The number of allylic oxidation sites excluding steroid dienone is 8. The summed E-state index contributed by atoms with van der Waals surface area (Å²) in [6, 6.07) is 0. The second kappa shape index (κ2) is 25.4. The van der Waals surface area contributed by atoms with Crippen molar-refractivity contribution in [3.05, 3.63) is 46.6 Å². The normalized spacial score (nSPS) is 12.0. The van der Waals surface area contributed by atoms with E-state index in [1.807, 2.05) is 0 Å². The van der Waals surface area contributed by atoms with Gasteiger partial charge in [-0.15, -0.1) is 0 Å². The minimum Gasteiger partial charge on any atom is -0.166 e. The van der Waals surface area contributed by atoms with Crippen LogP contribution in [-0.4, -0.2) is 47.8 Å². The molecule has 0 saturated carbocycles. The molecular formula is C24H44Sn2. The zero-order valence-electron chi connectivity index (χ0n) is 18.7. The van der Waals surface area contributed by atoms with Crippen molar-refractivity contribution < 1.29 is 2.85 Å². The van der Waals surface area contributed by atoms with Crippen LogP contribution in [0, 0.1) is 24.3 Å². The van der Waals surface area contributed by atoms with Gasteiger partial charge in [0.25, 0.3) is 0 Å². The van der Waals surface area contributed by atoms with Gasteiger partial charge in [0.15, 0.2) is 0 Å². The Balaban J connectivity index is -0.0000000756.